The Morgan fingerprint density at radius 1 is 1.44 bits per heavy atom. The number of ether oxygens (including phenoxy) is 1. The molecule has 88 valence electrons. The maximum Gasteiger partial charge on any atom is 0.302 e. The van der Waals surface area contributed by atoms with Crippen molar-refractivity contribution >= 4 is 5.97 Å². The maximum atomic E-state index is 10.9. The molecule has 0 heterocycles. The van der Waals surface area contributed by atoms with E-state index in [0.29, 0.717) is 11.8 Å². The number of rotatable bonds is 2. The summed E-state index contributed by atoms with van der Waals surface area (Å²) in [6.07, 6.45) is 3.81. The molecule has 2 rings (SSSR count). The molecule has 0 aliphatic heterocycles. The van der Waals surface area contributed by atoms with Crippen LogP contribution < -0.4 is 0 Å². The highest BCUT2D eigenvalue weighted by atomic mass is 16.5. The van der Waals surface area contributed by atoms with Gasteiger partial charge in [-0.1, -0.05) is 12.0 Å². The van der Waals surface area contributed by atoms with Gasteiger partial charge in [-0.15, -0.1) is 0 Å². The highest BCUT2D eigenvalue weighted by Gasteiger charge is 2.47. The van der Waals surface area contributed by atoms with E-state index in [9.17, 15) is 4.79 Å². The molecule has 0 aromatic carbocycles. The molecule has 16 heavy (non-hydrogen) atoms. The van der Waals surface area contributed by atoms with Crippen molar-refractivity contribution in [1.29, 1.82) is 0 Å². The SMILES string of the molecule is CC(=O)OC1CC2CC(C)(N=[N+]=[N-])CC2C1. The molecule has 0 radical (unpaired) electrons. The number of hydrogen-bond acceptors (Lipinski definition) is 3. The summed E-state index contributed by atoms with van der Waals surface area (Å²) in [5.41, 5.74) is 8.30. The van der Waals surface area contributed by atoms with Crippen LogP contribution in [0.25, 0.3) is 10.4 Å². The molecule has 0 aromatic rings. The van der Waals surface area contributed by atoms with E-state index in [1.165, 1.54) is 6.92 Å². The Balaban J connectivity index is 1.95. The van der Waals surface area contributed by atoms with E-state index in [1.807, 2.05) is 6.92 Å². The second-order valence-electron chi connectivity index (χ2n) is 5.32. The molecule has 0 saturated heterocycles. The molecule has 5 heteroatoms. The lowest BCUT2D eigenvalue weighted by molar-refractivity contribution is -0.146. The van der Waals surface area contributed by atoms with Crippen LogP contribution in [0.3, 0.4) is 0 Å². The molecule has 2 aliphatic carbocycles. The monoisotopic (exact) mass is 223 g/mol. The van der Waals surface area contributed by atoms with Crippen LogP contribution in [0.1, 0.15) is 39.5 Å². The first kappa shape index (κ1) is 11.3. The van der Waals surface area contributed by atoms with E-state index >= 15 is 0 Å². The molecule has 5 nitrogen and oxygen atoms in total. The first-order chi connectivity index (χ1) is 7.52. The smallest absolute Gasteiger partial charge is 0.302 e. The zero-order valence-electron chi connectivity index (χ0n) is 9.72. The summed E-state index contributed by atoms with van der Waals surface area (Å²) in [6.45, 7) is 3.48. The molecule has 2 unspecified atom stereocenters. The quantitative estimate of drug-likeness (QED) is 0.312. The van der Waals surface area contributed by atoms with Crippen LogP contribution in [0.2, 0.25) is 0 Å². The normalized spacial score (nSPS) is 41.2. The van der Waals surface area contributed by atoms with Crippen LogP contribution >= 0.6 is 0 Å². The first-order valence-corrected chi connectivity index (χ1v) is 5.76. The Morgan fingerprint density at radius 3 is 2.44 bits per heavy atom. The highest BCUT2D eigenvalue weighted by molar-refractivity contribution is 5.66. The van der Waals surface area contributed by atoms with Crippen molar-refractivity contribution in [2.45, 2.75) is 51.2 Å². The van der Waals surface area contributed by atoms with Crippen molar-refractivity contribution in [3.8, 4) is 0 Å². The van der Waals surface area contributed by atoms with Crippen LogP contribution in [-0.2, 0) is 9.53 Å². The van der Waals surface area contributed by atoms with E-state index < -0.39 is 0 Å². The number of fused-ring (bicyclic) bond motifs is 1. The Bertz CT molecular complexity index is 335. The van der Waals surface area contributed by atoms with Gasteiger partial charge >= 0.3 is 5.97 Å². The van der Waals surface area contributed by atoms with Crippen molar-refractivity contribution in [3.63, 3.8) is 0 Å². The van der Waals surface area contributed by atoms with Gasteiger partial charge in [0.25, 0.3) is 0 Å². The topological polar surface area (TPSA) is 75.1 Å². The summed E-state index contributed by atoms with van der Waals surface area (Å²) >= 11 is 0. The minimum absolute atomic E-state index is 0.0862. The fourth-order valence-electron chi connectivity index (χ4n) is 3.39. The van der Waals surface area contributed by atoms with E-state index in [0.717, 1.165) is 25.7 Å². The van der Waals surface area contributed by atoms with Crippen LogP contribution in [0, 0.1) is 11.8 Å². The average molecular weight is 223 g/mol. The number of esters is 1. The fourth-order valence-corrected chi connectivity index (χ4v) is 3.39. The minimum Gasteiger partial charge on any atom is -0.463 e. The summed E-state index contributed by atoms with van der Waals surface area (Å²) in [6, 6.07) is 0. The Hall–Kier alpha value is -1.22. The van der Waals surface area contributed by atoms with Gasteiger partial charge in [-0.05, 0) is 43.1 Å². The molecule has 0 bridgehead atoms. The minimum atomic E-state index is -0.217. The van der Waals surface area contributed by atoms with Gasteiger partial charge in [0, 0.05) is 17.4 Å². The lowest BCUT2D eigenvalue weighted by Gasteiger charge is -2.19. The molecule has 0 N–H and O–H groups in total. The number of nitrogens with zero attached hydrogens (tertiary/aromatic N) is 3. The van der Waals surface area contributed by atoms with Gasteiger partial charge in [-0.2, -0.15) is 0 Å². The van der Waals surface area contributed by atoms with Gasteiger partial charge in [0.15, 0.2) is 0 Å². The van der Waals surface area contributed by atoms with Crippen molar-refractivity contribution in [1.82, 2.24) is 0 Å². The largest absolute Gasteiger partial charge is 0.463 e. The molecule has 2 atom stereocenters. The van der Waals surface area contributed by atoms with Crippen LogP contribution in [0.5, 0.6) is 0 Å². The molecule has 2 aliphatic rings. The third-order valence-electron chi connectivity index (χ3n) is 3.82. The second kappa shape index (κ2) is 3.98. The zero-order valence-corrected chi connectivity index (χ0v) is 9.72. The fraction of sp³-hybridized carbons (Fsp3) is 0.909. The maximum absolute atomic E-state index is 10.9. The molecule has 0 spiro atoms. The average Bonchev–Trinajstić information content (AvgIpc) is 2.57. The van der Waals surface area contributed by atoms with E-state index in [-0.39, 0.29) is 17.6 Å². The zero-order chi connectivity index (χ0) is 11.8. The summed E-state index contributed by atoms with van der Waals surface area (Å²) in [7, 11) is 0. The van der Waals surface area contributed by atoms with Crippen LogP contribution in [0.15, 0.2) is 5.11 Å². The Kier molecular flexibility index (Phi) is 2.80. The predicted octanol–water partition coefficient (Wildman–Crippen LogP) is 2.81. The van der Waals surface area contributed by atoms with Crippen molar-refractivity contribution in [2.24, 2.45) is 17.0 Å². The summed E-state index contributed by atoms with van der Waals surface area (Å²) < 4.78 is 5.23. The molecule has 2 saturated carbocycles. The van der Waals surface area contributed by atoms with Gasteiger partial charge in [0.05, 0.1) is 0 Å². The number of hydrogen-bond donors (Lipinski definition) is 0. The van der Waals surface area contributed by atoms with Crippen molar-refractivity contribution < 1.29 is 9.53 Å². The van der Waals surface area contributed by atoms with E-state index in [2.05, 4.69) is 10.0 Å². The van der Waals surface area contributed by atoms with Gasteiger partial charge in [0.1, 0.15) is 6.10 Å². The lowest BCUT2D eigenvalue weighted by Crippen LogP contribution is -2.20. The number of azide groups is 1. The van der Waals surface area contributed by atoms with Gasteiger partial charge in [-0.25, -0.2) is 0 Å². The first-order valence-electron chi connectivity index (χ1n) is 5.76. The molecule has 0 amide bonds. The summed E-state index contributed by atoms with van der Waals surface area (Å²) in [5.74, 6) is 0.919. The predicted molar refractivity (Wildman–Crippen MR) is 58.6 cm³/mol. The third-order valence-corrected chi connectivity index (χ3v) is 3.82. The second-order valence-corrected chi connectivity index (χ2v) is 5.32. The number of carbonyl (C=O) groups is 1. The third kappa shape index (κ3) is 2.14. The Morgan fingerprint density at radius 2 is 2.00 bits per heavy atom. The van der Waals surface area contributed by atoms with Crippen LogP contribution in [-0.4, -0.2) is 17.6 Å². The molecule has 2 fully saturated rings. The van der Waals surface area contributed by atoms with Gasteiger partial charge in [-0.3, -0.25) is 4.79 Å². The molecular formula is C11H17N3O2. The lowest BCUT2D eigenvalue weighted by atomic mass is 9.97. The van der Waals surface area contributed by atoms with E-state index in [4.69, 9.17) is 10.3 Å². The Labute approximate surface area is 94.8 Å². The number of carbonyl (C=O) groups excluding carboxylic acids is 1. The summed E-state index contributed by atoms with van der Waals surface area (Å²) in [5, 5.41) is 3.90. The molecule has 0 aromatic heterocycles. The van der Waals surface area contributed by atoms with Crippen molar-refractivity contribution in [2.75, 3.05) is 0 Å². The van der Waals surface area contributed by atoms with Crippen molar-refractivity contribution in [3.05, 3.63) is 10.4 Å². The van der Waals surface area contributed by atoms with Gasteiger partial charge < -0.3 is 4.74 Å². The highest BCUT2D eigenvalue weighted by Crippen LogP contribution is 2.50. The standard InChI is InChI=1S/C11H17N3O2/c1-7(15)16-10-3-8-5-11(2,13-14-12)6-9(8)4-10/h8-10H,3-6H2,1-2H3. The summed E-state index contributed by atoms with van der Waals surface area (Å²) in [4.78, 5) is 13.8. The van der Waals surface area contributed by atoms with Gasteiger partial charge in [0.2, 0.25) is 0 Å². The molecular weight excluding hydrogens is 206 g/mol. The van der Waals surface area contributed by atoms with E-state index in [1.54, 1.807) is 0 Å². The van der Waals surface area contributed by atoms with Crippen LogP contribution in [0.4, 0.5) is 0 Å².